The largest absolute Gasteiger partial charge is 0.396 e. The monoisotopic (exact) mass is 148 g/mol. The Morgan fingerprint density at radius 3 is 2.60 bits per heavy atom. The molecule has 0 bridgehead atoms. The van der Waals surface area contributed by atoms with Gasteiger partial charge in [0.2, 0.25) is 0 Å². The lowest BCUT2D eigenvalue weighted by Gasteiger charge is -2.12. The third kappa shape index (κ3) is 4.73. The van der Waals surface area contributed by atoms with Crippen LogP contribution in [0, 0.1) is 0 Å². The van der Waals surface area contributed by atoms with Gasteiger partial charge in [0.05, 0.1) is 12.7 Å². The lowest BCUT2D eigenvalue weighted by Crippen LogP contribution is -2.19. The van der Waals surface area contributed by atoms with E-state index in [1.54, 1.807) is 7.11 Å². The van der Waals surface area contributed by atoms with Crippen LogP contribution in [-0.2, 0) is 9.47 Å². The van der Waals surface area contributed by atoms with E-state index < -0.39 is 0 Å². The molecule has 0 aliphatic heterocycles. The average Bonchev–Trinajstić information content (AvgIpc) is 1.98. The lowest BCUT2D eigenvalue weighted by molar-refractivity contribution is 0.000502. The third-order valence-electron chi connectivity index (χ3n) is 1.29. The van der Waals surface area contributed by atoms with Crippen LogP contribution >= 0.6 is 0 Å². The molecule has 0 rings (SSSR count). The molecule has 0 aliphatic carbocycles. The first-order valence-corrected chi connectivity index (χ1v) is 3.56. The topological polar surface area (TPSA) is 38.7 Å². The molecular weight excluding hydrogens is 132 g/mol. The van der Waals surface area contributed by atoms with Gasteiger partial charge in [-0.1, -0.05) is 0 Å². The van der Waals surface area contributed by atoms with E-state index in [0.717, 1.165) is 0 Å². The van der Waals surface area contributed by atoms with Crippen LogP contribution in [-0.4, -0.2) is 38.1 Å². The Morgan fingerprint density at radius 1 is 1.50 bits per heavy atom. The van der Waals surface area contributed by atoms with Crippen LogP contribution < -0.4 is 0 Å². The molecule has 0 fully saturated rings. The smallest absolute Gasteiger partial charge is 0.0826 e. The maximum absolute atomic E-state index is 8.53. The third-order valence-corrected chi connectivity index (χ3v) is 1.29. The van der Waals surface area contributed by atoms with E-state index in [1.165, 1.54) is 0 Å². The van der Waals surface area contributed by atoms with Crippen molar-refractivity contribution in [2.75, 3.05) is 26.9 Å². The number of rotatable bonds is 6. The second-order valence-corrected chi connectivity index (χ2v) is 2.03. The minimum Gasteiger partial charge on any atom is -0.396 e. The summed E-state index contributed by atoms with van der Waals surface area (Å²) < 4.78 is 10.1. The number of methoxy groups -OCH3 is 1. The van der Waals surface area contributed by atoms with Gasteiger partial charge in [0.25, 0.3) is 0 Å². The SMILES string of the molecule is CCOCC(CCO)OC. The molecule has 0 aromatic rings. The normalized spacial score (nSPS) is 13.5. The predicted octanol–water partition coefficient (Wildman–Crippen LogP) is 0.420. The summed E-state index contributed by atoms with van der Waals surface area (Å²) in [6.07, 6.45) is 0.696. The lowest BCUT2D eigenvalue weighted by atomic mass is 10.3. The van der Waals surface area contributed by atoms with Gasteiger partial charge in [-0.15, -0.1) is 0 Å². The van der Waals surface area contributed by atoms with Crippen molar-refractivity contribution in [2.24, 2.45) is 0 Å². The molecule has 0 aromatic heterocycles. The molecule has 3 nitrogen and oxygen atoms in total. The Balaban J connectivity index is 3.21. The van der Waals surface area contributed by atoms with E-state index in [2.05, 4.69) is 0 Å². The van der Waals surface area contributed by atoms with Crippen molar-refractivity contribution in [3.05, 3.63) is 0 Å². The highest BCUT2D eigenvalue weighted by atomic mass is 16.5. The molecule has 0 amide bonds. The summed E-state index contributed by atoms with van der Waals surface area (Å²) in [4.78, 5) is 0. The summed E-state index contributed by atoms with van der Waals surface area (Å²) in [7, 11) is 1.62. The van der Waals surface area contributed by atoms with Crippen molar-refractivity contribution < 1.29 is 14.6 Å². The second-order valence-electron chi connectivity index (χ2n) is 2.03. The quantitative estimate of drug-likeness (QED) is 0.593. The zero-order valence-electron chi connectivity index (χ0n) is 6.67. The van der Waals surface area contributed by atoms with Crippen LogP contribution in [0.25, 0.3) is 0 Å². The van der Waals surface area contributed by atoms with Gasteiger partial charge in [-0.3, -0.25) is 0 Å². The number of hydrogen-bond donors (Lipinski definition) is 1. The summed E-state index contributed by atoms with van der Waals surface area (Å²) in [5.41, 5.74) is 0. The van der Waals surface area contributed by atoms with E-state index in [9.17, 15) is 0 Å². The van der Waals surface area contributed by atoms with E-state index in [1.807, 2.05) is 6.92 Å². The number of aliphatic hydroxyl groups is 1. The number of hydrogen-bond acceptors (Lipinski definition) is 3. The molecule has 1 unspecified atom stereocenters. The molecule has 0 spiro atoms. The molecule has 0 saturated heterocycles. The first-order chi connectivity index (χ1) is 4.85. The highest BCUT2D eigenvalue weighted by molar-refractivity contribution is 4.53. The summed E-state index contributed by atoms with van der Waals surface area (Å²) in [5.74, 6) is 0. The Morgan fingerprint density at radius 2 is 2.20 bits per heavy atom. The molecule has 0 aromatic carbocycles. The molecular formula is C7H16O3. The van der Waals surface area contributed by atoms with Crippen LogP contribution in [0.5, 0.6) is 0 Å². The van der Waals surface area contributed by atoms with Crippen LogP contribution in [0.1, 0.15) is 13.3 Å². The highest BCUT2D eigenvalue weighted by Crippen LogP contribution is 1.96. The van der Waals surface area contributed by atoms with Gasteiger partial charge in [0, 0.05) is 20.3 Å². The van der Waals surface area contributed by atoms with Crippen LogP contribution in [0.15, 0.2) is 0 Å². The summed E-state index contributed by atoms with van der Waals surface area (Å²) in [6.45, 7) is 3.37. The summed E-state index contributed by atoms with van der Waals surface area (Å²) in [5, 5.41) is 8.53. The van der Waals surface area contributed by atoms with Crippen molar-refractivity contribution >= 4 is 0 Å². The summed E-state index contributed by atoms with van der Waals surface area (Å²) >= 11 is 0. The van der Waals surface area contributed by atoms with E-state index in [-0.39, 0.29) is 12.7 Å². The maximum atomic E-state index is 8.53. The van der Waals surface area contributed by atoms with Crippen molar-refractivity contribution in [3.8, 4) is 0 Å². The van der Waals surface area contributed by atoms with Gasteiger partial charge in [-0.2, -0.15) is 0 Å². The highest BCUT2D eigenvalue weighted by Gasteiger charge is 2.04. The van der Waals surface area contributed by atoms with Crippen molar-refractivity contribution in [1.29, 1.82) is 0 Å². The first-order valence-electron chi connectivity index (χ1n) is 3.56. The summed E-state index contributed by atoms with van der Waals surface area (Å²) in [6, 6.07) is 0. The minimum absolute atomic E-state index is 0.0462. The van der Waals surface area contributed by atoms with Gasteiger partial charge < -0.3 is 14.6 Å². The second kappa shape index (κ2) is 6.99. The number of aliphatic hydroxyl groups excluding tert-OH is 1. The Kier molecular flexibility index (Phi) is 6.91. The van der Waals surface area contributed by atoms with Crippen molar-refractivity contribution in [1.82, 2.24) is 0 Å². The van der Waals surface area contributed by atoms with Crippen LogP contribution in [0.3, 0.4) is 0 Å². The van der Waals surface area contributed by atoms with Gasteiger partial charge in [0.1, 0.15) is 0 Å². The van der Waals surface area contributed by atoms with Gasteiger partial charge >= 0.3 is 0 Å². The van der Waals surface area contributed by atoms with Gasteiger partial charge in [0.15, 0.2) is 0 Å². The molecule has 0 radical (unpaired) electrons. The molecule has 0 aliphatic rings. The molecule has 1 atom stereocenters. The van der Waals surface area contributed by atoms with E-state index >= 15 is 0 Å². The Labute approximate surface area is 62.0 Å². The van der Waals surface area contributed by atoms with Gasteiger partial charge in [-0.05, 0) is 13.3 Å². The first kappa shape index (κ1) is 9.88. The Bertz CT molecular complexity index is 65.9. The van der Waals surface area contributed by atoms with Crippen LogP contribution in [0.2, 0.25) is 0 Å². The molecule has 3 heteroatoms. The molecule has 10 heavy (non-hydrogen) atoms. The fourth-order valence-electron chi connectivity index (χ4n) is 0.663. The molecule has 0 heterocycles. The zero-order chi connectivity index (χ0) is 7.82. The average molecular weight is 148 g/mol. The van der Waals surface area contributed by atoms with E-state index in [0.29, 0.717) is 19.6 Å². The molecule has 62 valence electrons. The maximum Gasteiger partial charge on any atom is 0.0826 e. The van der Waals surface area contributed by atoms with Crippen molar-refractivity contribution in [3.63, 3.8) is 0 Å². The van der Waals surface area contributed by atoms with Crippen molar-refractivity contribution in [2.45, 2.75) is 19.4 Å². The van der Waals surface area contributed by atoms with E-state index in [4.69, 9.17) is 14.6 Å². The Hall–Kier alpha value is -0.120. The fourth-order valence-corrected chi connectivity index (χ4v) is 0.663. The van der Waals surface area contributed by atoms with Crippen LogP contribution in [0.4, 0.5) is 0 Å². The fraction of sp³-hybridized carbons (Fsp3) is 1.00. The molecule has 0 saturated carbocycles. The number of ether oxygens (including phenoxy) is 2. The van der Waals surface area contributed by atoms with Gasteiger partial charge in [-0.25, -0.2) is 0 Å². The zero-order valence-corrected chi connectivity index (χ0v) is 6.67. The predicted molar refractivity (Wildman–Crippen MR) is 39.0 cm³/mol. The molecule has 1 N–H and O–H groups in total. The standard InChI is InChI=1S/C7H16O3/c1-3-10-6-7(9-2)4-5-8/h7-8H,3-6H2,1-2H3. The minimum atomic E-state index is 0.0462.